The Morgan fingerprint density at radius 1 is 1.22 bits per heavy atom. The fourth-order valence-electron chi connectivity index (χ4n) is 4.46. The standard InChI is InChI=1S/C25H34N4O3/c1-4-8-20(3)27-15-13-23(14-16-27)28(18-21-9-6-5-7-10-21)25(30)26-22-12-11-19(2)24(17-22)29(31)32/h5-7,9-12,17,20,23H,4,8,13-16,18H2,1-3H3,(H,26,30). The summed E-state index contributed by atoms with van der Waals surface area (Å²) in [7, 11) is 0. The van der Waals surface area contributed by atoms with Crippen LogP contribution in [-0.2, 0) is 6.54 Å². The van der Waals surface area contributed by atoms with Gasteiger partial charge in [-0.1, -0.05) is 49.7 Å². The second kappa shape index (κ2) is 11.1. The number of nitro groups is 1. The number of nitrogens with zero attached hydrogens (tertiary/aromatic N) is 3. The molecule has 1 aliphatic heterocycles. The minimum Gasteiger partial charge on any atom is -0.317 e. The number of nitro benzene ring substituents is 1. The smallest absolute Gasteiger partial charge is 0.317 e. The van der Waals surface area contributed by atoms with Gasteiger partial charge in [-0.15, -0.1) is 0 Å². The monoisotopic (exact) mass is 438 g/mol. The van der Waals surface area contributed by atoms with Gasteiger partial charge in [-0.05, 0) is 44.7 Å². The average molecular weight is 439 g/mol. The van der Waals surface area contributed by atoms with Gasteiger partial charge in [-0.2, -0.15) is 0 Å². The summed E-state index contributed by atoms with van der Waals surface area (Å²) in [5.74, 6) is 0. The van der Waals surface area contributed by atoms with Crippen LogP contribution in [0.4, 0.5) is 16.2 Å². The fourth-order valence-corrected chi connectivity index (χ4v) is 4.46. The molecule has 0 radical (unpaired) electrons. The van der Waals surface area contributed by atoms with Gasteiger partial charge in [0.25, 0.3) is 5.69 Å². The number of rotatable bonds is 8. The highest BCUT2D eigenvalue weighted by Crippen LogP contribution is 2.25. The molecule has 1 saturated heterocycles. The highest BCUT2D eigenvalue weighted by molar-refractivity contribution is 5.90. The molecule has 7 heteroatoms. The summed E-state index contributed by atoms with van der Waals surface area (Å²) in [5.41, 5.74) is 2.09. The molecule has 0 bridgehead atoms. The molecular formula is C25H34N4O3. The predicted molar refractivity (Wildman–Crippen MR) is 128 cm³/mol. The van der Waals surface area contributed by atoms with Crippen LogP contribution in [0.3, 0.4) is 0 Å². The maximum absolute atomic E-state index is 13.3. The first kappa shape index (κ1) is 23.7. The van der Waals surface area contributed by atoms with Crippen LogP contribution in [0, 0.1) is 17.0 Å². The van der Waals surface area contributed by atoms with E-state index in [2.05, 4.69) is 24.1 Å². The molecule has 0 aliphatic carbocycles. The summed E-state index contributed by atoms with van der Waals surface area (Å²) < 4.78 is 0. The SMILES string of the molecule is CCCC(C)N1CCC(N(Cc2ccccc2)C(=O)Nc2ccc(C)c([N+](=O)[O-])c2)CC1. The Labute approximate surface area is 190 Å². The number of urea groups is 1. The number of piperidine rings is 1. The van der Waals surface area contributed by atoms with Crippen LogP contribution in [-0.4, -0.2) is 45.9 Å². The normalized spacial score (nSPS) is 15.8. The van der Waals surface area contributed by atoms with Gasteiger partial charge in [0, 0.05) is 49.0 Å². The maximum Gasteiger partial charge on any atom is 0.322 e. The molecule has 1 N–H and O–H groups in total. The number of amides is 2. The molecule has 32 heavy (non-hydrogen) atoms. The first-order valence-electron chi connectivity index (χ1n) is 11.5. The molecule has 0 saturated carbocycles. The van der Waals surface area contributed by atoms with Gasteiger partial charge in [-0.25, -0.2) is 4.79 Å². The van der Waals surface area contributed by atoms with E-state index in [4.69, 9.17) is 0 Å². The molecule has 1 unspecified atom stereocenters. The van der Waals surface area contributed by atoms with Gasteiger partial charge in [-0.3, -0.25) is 10.1 Å². The van der Waals surface area contributed by atoms with E-state index in [9.17, 15) is 14.9 Å². The number of nitrogens with one attached hydrogen (secondary N) is 1. The van der Waals surface area contributed by atoms with E-state index in [-0.39, 0.29) is 17.8 Å². The highest BCUT2D eigenvalue weighted by atomic mass is 16.6. The largest absolute Gasteiger partial charge is 0.322 e. The van der Waals surface area contributed by atoms with Crippen molar-refractivity contribution in [2.24, 2.45) is 0 Å². The molecule has 172 valence electrons. The van der Waals surface area contributed by atoms with Crippen molar-refractivity contribution < 1.29 is 9.72 Å². The van der Waals surface area contributed by atoms with Gasteiger partial charge in [0.2, 0.25) is 0 Å². The van der Waals surface area contributed by atoms with E-state index >= 15 is 0 Å². The zero-order valence-corrected chi connectivity index (χ0v) is 19.3. The molecule has 1 heterocycles. The van der Waals surface area contributed by atoms with Gasteiger partial charge in [0.05, 0.1) is 4.92 Å². The first-order chi connectivity index (χ1) is 15.4. The molecule has 1 aliphatic rings. The Hall–Kier alpha value is -2.93. The molecule has 3 rings (SSSR count). The molecule has 2 aromatic carbocycles. The van der Waals surface area contributed by atoms with E-state index in [1.54, 1.807) is 19.1 Å². The number of hydrogen-bond acceptors (Lipinski definition) is 4. The molecular weight excluding hydrogens is 404 g/mol. The number of anilines is 1. The Morgan fingerprint density at radius 3 is 2.53 bits per heavy atom. The van der Waals surface area contributed by atoms with Crippen molar-refractivity contribution in [2.75, 3.05) is 18.4 Å². The average Bonchev–Trinajstić information content (AvgIpc) is 2.79. The quantitative estimate of drug-likeness (QED) is 0.430. The third kappa shape index (κ3) is 6.07. The van der Waals surface area contributed by atoms with E-state index in [1.165, 1.54) is 18.9 Å². The minimum atomic E-state index is -0.417. The fraction of sp³-hybridized carbons (Fsp3) is 0.480. The van der Waals surface area contributed by atoms with Crippen LogP contribution in [0.15, 0.2) is 48.5 Å². The lowest BCUT2D eigenvalue weighted by atomic mass is 10.00. The lowest BCUT2D eigenvalue weighted by molar-refractivity contribution is -0.385. The van der Waals surface area contributed by atoms with Crippen LogP contribution in [0.2, 0.25) is 0 Å². The number of carbonyl (C=O) groups excluding carboxylic acids is 1. The van der Waals surface area contributed by atoms with Crippen LogP contribution in [0.25, 0.3) is 0 Å². The zero-order valence-electron chi connectivity index (χ0n) is 19.3. The second-order valence-corrected chi connectivity index (χ2v) is 8.71. The summed E-state index contributed by atoms with van der Waals surface area (Å²) in [4.78, 5) is 28.6. The highest BCUT2D eigenvalue weighted by Gasteiger charge is 2.30. The Kier molecular flexibility index (Phi) is 8.22. The summed E-state index contributed by atoms with van der Waals surface area (Å²) in [6, 6.07) is 15.3. The molecule has 7 nitrogen and oxygen atoms in total. The molecule has 1 fully saturated rings. The third-order valence-corrected chi connectivity index (χ3v) is 6.38. The Balaban J connectivity index is 1.75. The van der Waals surface area contributed by atoms with Crippen LogP contribution in [0.1, 0.15) is 50.7 Å². The Bertz CT molecular complexity index is 911. The molecule has 2 amide bonds. The molecule has 0 aromatic heterocycles. The van der Waals surface area contributed by atoms with Crippen molar-refractivity contribution in [2.45, 2.75) is 65.1 Å². The van der Waals surface area contributed by atoms with Crippen molar-refractivity contribution in [1.82, 2.24) is 9.80 Å². The Morgan fingerprint density at radius 2 is 1.91 bits per heavy atom. The van der Waals surface area contributed by atoms with E-state index < -0.39 is 4.92 Å². The molecule has 0 spiro atoms. The molecule has 1 atom stereocenters. The van der Waals surface area contributed by atoms with Crippen LogP contribution < -0.4 is 5.32 Å². The van der Waals surface area contributed by atoms with Crippen molar-refractivity contribution in [3.05, 3.63) is 69.8 Å². The number of likely N-dealkylation sites (tertiary alicyclic amines) is 1. The minimum absolute atomic E-state index is 0.00984. The maximum atomic E-state index is 13.3. The zero-order chi connectivity index (χ0) is 23.1. The van der Waals surface area contributed by atoms with Crippen molar-refractivity contribution >= 4 is 17.4 Å². The van der Waals surface area contributed by atoms with Crippen molar-refractivity contribution in [3.8, 4) is 0 Å². The van der Waals surface area contributed by atoms with Crippen molar-refractivity contribution in [1.29, 1.82) is 0 Å². The van der Waals surface area contributed by atoms with Crippen molar-refractivity contribution in [3.63, 3.8) is 0 Å². The summed E-state index contributed by atoms with van der Waals surface area (Å²) in [6.45, 7) is 8.64. The van der Waals surface area contributed by atoms with E-state index in [1.807, 2.05) is 35.2 Å². The second-order valence-electron chi connectivity index (χ2n) is 8.71. The summed E-state index contributed by atoms with van der Waals surface area (Å²) in [5, 5.41) is 14.2. The number of hydrogen-bond donors (Lipinski definition) is 1. The third-order valence-electron chi connectivity index (χ3n) is 6.38. The van der Waals surface area contributed by atoms with Gasteiger partial charge in [0.15, 0.2) is 0 Å². The van der Waals surface area contributed by atoms with E-state index in [0.29, 0.717) is 23.8 Å². The van der Waals surface area contributed by atoms with Gasteiger partial charge >= 0.3 is 6.03 Å². The number of carbonyl (C=O) groups is 1. The summed E-state index contributed by atoms with van der Waals surface area (Å²) >= 11 is 0. The predicted octanol–water partition coefficient (Wildman–Crippen LogP) is 5.59. The first-order valence-corrected chi connectivity index (χ1v) is 11.5. The van der Waals surface area contributed by atoms with Gasteiger partial charge < -0.3 is 15.1 Å². The molecule has 2 aromatic rings. The lowest BCUT2D eigenvalue weighted by Gasteiger charge is -2.40. The number of aryl methyl sites for hydroxylation is 1. The number of benzene rings is 2. The van der Waals surface area contributed by atoms with Crippen LogP contribution >= 0.6 is 0 Å². The summed E-state index contributed by atoms with van der Waals surface area (Å²) in [6.07, 6.45) is 4.20. The van der Waals surface area contributed by atoms with E-state index in [0.717, 1.165) is 31.5 Å². The lowest BCUT2D eigenvalue weighted by Crippen LogP contribution is -2.50. The van der Waals surface area contributed by atoms with Gasteiger partial charge in [0.1, 0.15) is 0 Å². The topological polar surface area (TPSA) is 78.7 Å². The van der Waals surface area contributed by atoms with Crippen LogP contribution in [0.5, 0.6) is 0 Å².